The fourth-order valence-electron chi connectivity index (χ4n) is 1.75. The smallest absolute Gasteiger partial charge is 0.280 e. The molecule has 0 aliphatic heterocycles. The fourth-order valence-corrected chi connectivity index (χ4v) is 1.95. The summed E-state index contributed by atoms with van der Waals surface area (Å²) in [6.45, 7) is 3.07. The number of ether oxygens (including phenoxy) is 1. The van der Waals surface area contributed by atoms with Crippen LogP contribution >= 0.6 is 12.2 Å². The molecule has 2 N–H and O–H groups in total. The highest BCUT2D eigenvalue weighted by Crippen LogP contribution is 2.25. The molecule has 0 fully saturated rings. The van der Waals surface area contributed by atoms with Gasteiger partial charge in [-0.15, -0.1) is 0 Å². The van der Waals surface area contributed by atoms with E-state index < -0.39 is 4.92 Å². The SMILES string of the molecule is CCCNC(=S)NCCC(=O)c1cc(OC)ccc1[N+](=O)[O-]. The molecule has 0 aliphatic rings. The minimum Gasteiger partial charge on any atom is -0.497 e. The molecule has 22 heavy (non-hydrogen) atoms. The molecule has 0 heterocycles. The molecule has 120 valence electrons. The summed E-state index contributed by atoms with van der Waals surface area (Å²) >= 11 is 5.03. The Kier molecular flexibility index (Phi) is 7.24. The maximum Gasteiger partial charge on any atom is 0.280 e. The van der Waals surface area contributed by atoms with Crippen LogP contribution in [0.5, 0.6) is 5.75 Å². The van der Waals surface area contributed by atoms with E-state index in [4.69, 9.17) is 17.0 Å². The van der Waals surface area contributed by atoms with Gasteiger partial charge in [-0.3, -0.25) is 14.9 Å². The highest BCUT2D eigenvalue weighted by Gasteiger charge is 2.20. The molecular formula is C14H19N3O4S. The zero-order chi connectivity index (χ0) is 16.5. The van der Waals surface area contributed by atoms with Gasteiger partial charge >= 0.3 is 0 Å². The molecule has 7 nitrogen and oxygen atoms in total. The number of hydrogen-bond donors (Lipinski definition) is 2. The highest BCUT2D eigenvalue weighted by atomic mass is 32.1. The number of carbonyl (C=O) groups excluding carboxylic acids is 1. The number of benzene rings is 1. The van der Waals surface area contributed by atoms with Crippen LogP contribution in [0.2, 0.25) is 0 Å². The average Bonchev–Trinajstić information content (AvgIpc) is 2.51. The molecule has 1 rings (SSSR count). The van der Waals surface area contributed by atoms with Crippen LogP contribution in [0.1, 0.15) is 30.1 Å². The predicted octanol–water partition coefficient (Wildman–Crippen LogP) is 2.05. The Morgan fingerprint density at radius 1 is 1.36 bits per heavy atom. The predicted molar refractivity (Wildman–Crippen MR) is 87.5 cm³/mol. The molecule has 0 atom stereocenters. The third-order valence-electron chi connectivity index (χ3n) is 2.87. The molecule has 1 aromatic rings. The second-order valence-electron chi connectivity index (χ2n) is 4.50. The third-order valence-corrected chi connectivity index (χ3v) is 3.16. The number of hydrogen-bond acceptors (Lipinski definition) is 5. The standard InChI is InChI=1S/C14H19N3O4S/c1-3-7-15-14(22)16-8-6-13(18)11-9-10(21-2)4-5-12(11)17(19)20/h4-5,9H,3,6-8H2,1-2H3,(H2,15,16,22). The van der Waals surface area contributed by atoms with E-state index in [-0.39, 0.29) is 23.5 Å². The maximum absolute atomic E-state index is 12.2. The van der Waals surface area contributed by atoms with E-state index in [1.54, 1.807) is 0 Å². The Balaban J connectivity index is 2.68. The number of methoxy groups -OCH3 is 1. The number of carbonyl (C=O) groups is 1. The molecule has 0 saturated carbocycles. The van der Waals surface area contributed by atoms with Crippen molar-refractivity contribution in [1.29, 1.82) is 0 Å². The number of ketones is 1. The van der Waals surface area contributed by atoms with Crippen LogP contribution in [0.25, 0.3) is 0 Å². The average molecular weight is 325 g/mol. The van der Waals surface area contributed by atoms with Crippen molar-refractivity contribution in [3.63, 3.8) is 0 Å². The molecule has 1 aromatic carbocycles. The summed E-state index contributed by atoms with van der Waals surface area (Å²) in [4.78, 5) is 22.6. The lowest BCUT2D eigenvalue weighted by Crippen LogP contribution is -2.36. The fraction of sp³-hybridized carbons (Fsp3) is 0.429. The van der Waals surface area contributed by atoms with Gasteiger partial charge in [-0.2, -0.15) is 0 Å². The zero-order valence-corrected chi connectivity index (χ0v) is 13.4. The molecule has 0 unspecified atom stereocenters. The van der Waals surface area contributed by atoms with Crippen molar-refractivity contribution in [3.8, 4) is 5.75 Å². The summed E-state index contributed by atoms with van der Waals surface area (Å²) in [5.41, 5.74) is -0.184. The lowest BCUT2D eigenvalue weighted by Gasteiger charge is -2.09. The summed E-state index contributed by atoms with van der Waals surface area (Å²) in [7, 11) is 1.44. The summed E-state index contributed by atoms with van der Waals surface area (Å²) < 4.78 is 5.01. The largest absolute Gasteiger partial charge is 0.497 e. The first-order valence-corrected chi connectivity index (χ1v) is 7.27. The van der Waals surface area contributed by atoms with E-state index in [9.17, 15) is 14.9 Å². The topological polar surface area (TPSA) is 93.5 Å². The van der Waals surface area contributed by atoms with Gasteiger partial charge in [-0.05, 0) is 30.8 Å². The van der Waals surface area contributed by atoms with Crippen molar-refractivity contribution in [2.24, 2.45) is 0 Å². The van der Waals surface area contributed by atoms with Gasteiger partial charge in [0.25, 0.3) is 5.69 Å². The first kappa shape index (κ1) is 17.8. The molecule has 8 heteroatoms. The first-order valence-electron chi connectivity index (χ1n) is 6.87. The van der Waals surface area contributed by atoms with Crippen molar-refractivity contribution in [3.05, 3.63) is 33.9 Å². The number of nitrogens with one attached hydrogen (secondary N) is 2. The van der Waals surface area contributed by atoms with E-state index >= 15 is 0 Å². The molecule has 0 aromatic heterocycles. The van der Waals surface area contributed by atoms with Gasteiger partial charge in [-0.1, -0.05) is 6.92 Å². The van der Waals surface area contributed by atoms with Gasteiger partial charge in [0.2, 0.25) is 0 Å². The summed E-state index contributed by atoms with van der Waals surface area (Å²) in [6, 6.07) is 4.11. The van der Waals surface area contributed by atoms with Crippen LogP contribution in [-0.2, 0) is 0 Å². The van der Waals surface area contributed by atoms with Crippen molar-refractivity contribution < 1.29 is 14.5 Å². The minimum absolute atomic E-state index is 0.0404. The van der Waals surface area contributed by atoms with Crippen LogP contribution < -0.4 is 15.4 Å². The summed E-state index contributed by atoms with van der Waals surface area (Å²) in [6.07, 6.45) is 1.04. The monoisotopic (exact) mass is 325 g/mol. The summed E-state index contributed by atoms with van der Waals surface area (Å²) in [5, 5.41) is 17.3. The molecule has 0 aliphatic carbocycles. The Morgan fingerprint density at radius 3 is 2.64 bits per heavy atom. The molecule has 0 bridgehead atoms. The van der Waals surface area contributed by atoms with Gasteiger partial charge in [-0.25, -0.2) is 0 Å². The van der Waals surface area contributed by atoms with Crippen LogP contribution in [0.3, 0.4) is 0 Å². The Hall–Kier alpha value is -2.22. The van der Waals surface area contributed by atoms with E-state index in [1.807, 2.05) is 6.92 Å². The van der Waals surface area contributed by atoms with Gasteiger partial charge in [0, 0.05) is 25.6 Å². The van der Waals surface area contributed by atoms with Crippen LogP contribution in [0.15, 0.2) is 18.2 Å². The zero-order valence-electron chi connectivity index (χ0n) is 12.5. The van der Waals surface area contributed by atoms with Crippen molar-refractivity contribution >= 4 is 28.8 Å². The maximum atomic E-state index is 12.2. The second-order valence-corrected chi connectivity index (χ2v) is 4.90. The van der Waals surface area contributed by atoms with E-state index in [0.717, 1.165) is 13.0 Å². The van der Waals surface area contributed by atoms with Crippen LogP contribution in [0, 0.1) is 10.1 Å². The van der Waals surface area contributed by atoms with E-state index in [0.29, 0.717) is 17.4 Å². The number of nitro groups is 1. The van der Waals surface area contributed by atoms with Crippen LogP contribution in [-0.4, -0.2) is 36.0 Å². The van der Waals surface area contributed by atoms with Crippen molar-refractivity contribution in [1.82, 2.24) is 10.6 Å². The number of thiocarbonyl (C=S) groups is 1. The number of Topliss-reactive ketones (excluding diaryl/α,β-unsaturated/α-hetero) is 1. The first-order chi connectivity index (χ1) is 10.5. The van der Waals surface area contributed by atoms with Crippen molar-refractivity contribution in [2.75, 3.05) is 20.2 Å². The molecule has 0 saturated heterocycles. The Morgan fingerprint density at radius 2 is 2.05 bits per heavy atom. The van der Waals surface area contributed by atoms with Gasteiger partial charge in [0.05, 0.1) is 17.6 Å². The van der Waals surface area contributed by atoms with Gasteiger partial charge in [0.1, 0.15) is 5.75 Å². The molecule has 0 spiro atoms. The van der Waals surface area contributed by atoms with Gasteiger partial charge < -0.3 is 15.4 Å². The normalized spacial score (nSPS) is 9.91. The van der Waals surface area contributed by atoms with E-state index in [1.165, 1.54) is 25.3 Å². The number of rotatable bonds is 8. The molecule has 0 radical (unpaired) electrons. The highest BCUT2D eigenvalue weighted by molar-refractivity contribution is 7.80. The molecular weight excluding hydrogens is 306 g/mol. The quantitative estimate of drug-likeness (QED) is 0.327. The lowest BCUT2D eigenvalue weighted by atomic mass is 10.1. The number of nitrogens with zero attached hydrogens (tertiary/aromatic N) is 1. The lowest BCUT2D eigenvalue weighted by molar-refractivity contribution is -0.385. The van der Waals surface area contributed by atoms with E-state index in [2.05, 4.69) is 10.6 Å². The minimum atomic E-state index is -0.576. The molecule has 0 amide bonds. The van der Waals surface area contributed by atoms with Crippen LogP contribution in [0.4, 0.5) is 5.69 Å². The second kappa shape index (κ2) is 8.93. The summed E-state index contributed by atoms with van der Waals surface area (Å²) in [5.74, 6) is 0.0680. The number of nitro benzene ring substituents is 1. The Bertz CT molecular complexity index is 563. The van der Waals surface area contributed by atoms with Crippen molar-refractivity contribution in [2.45, 2.75) is 19.8 Å². The third kappa shape index (κ3) is 5.28. The Labute approximate surface area is 134 Å². The van der Waals surface area contributed by atoms with Gasteiger partial charge in [0.15, 0.2) is 10.9 Å².